The molecule has 0 aliphatic carbocycles. The van der Waals surface area contributed by atoms with E-state index >= 15 is 0 Å². The van der Waals surface area contributed by atoms with Crippen LogP contribution < -0.4 is 0 Å². The summed E-state index contributed by atoms with van der Waals surface area (Å²) in [6.45, 7) is 6.13. The van der Waals surface area contributed by atoms with E-state index in [1.54, 1.807) is 0 Å². The Hall–Kier alpha value is -16.9. The maximum atomic E-state index is 5.12. The van der Waals surface area contributed by atoms with Gasteiger partial charge in [0.15, 0.2) is 0 Å². The van der Waals surface area contributed by atoms with E-state index < -0.39 is 0 Å². The molecule has 0 bridgehead atoms. The lowest BCUT2D eigenvalue weighted by Gasteiger charge is -2.13. The van der Waals surface area contributed by atoms with Gasteiger partial charge in [0.1, 0.15) is 23.3 Å². The monoisotopic (exact) mass is 1670 g/mol. The molecule has 0 amide bonds. The molecule has 0 fully saturated rings. The highest BCUT2D eigenvalue weighted by atomic mass is 15.1. The molecule has 0 saturated heterocycles. The van der Waals surface area contributed by atoms with Crippen LogP contribution in [0, 0.1) is 0 Å². The van der Waals surface area contributed by atoms with E-state index in [-0.39, 0.29) is 0 Å². The van der Waals surface area contributed by atoms with Crippen molar-refractivity contribution in [3.63, 3.8) is 0 Å². The summed E-state index contributed by atoms with van der Waals surface area (Å²) < 4.78 is 8.89. The number of imidazole rings is 4. The Morgan fingerprint density at radius 3 is 1.05 bits per heavy atom. The van der Waals surface area contributed by atoms with Crippen LogP contribution in [0.2, 0.25) is 0 Å². The lowest BCUT2D eigenvalue weighted by Crippen LogP contribution is -1.97. The second-order valence-electron chi connectivity index (χ2n) is 33.3. The molecule has 616 valence electrons. The van der Waals surface area contributed by atoms with Crippen molar-refractivity contribution in [1.29, 1.82) is 0 Å². The van der Waals surface area contributed by atoms with E-state index in [0.29, 0.717) is 0 Å². The predicted octanol–water partition coefficient (Wildman–Crippen LogP) is 30.3. The summed E-state index contributed by atoms with van der Waals surface area (Å²) in [7, 11) is 4.13. The third-order valence-corrected chi connectivity index (χ3v) is 25.8. The van der Waals surface area contributed by atoms with Crippen LogP contribution in [0.1, 0.15) is 13.8 Å². The lowest BCUT2D eigenvalue weighted by atomic mass is 9.91. The van der Waals surface area contributed by atoms with Crippen molar-refractivity contribution in [3.8, 4) is 90.3 Å². The number of nitrogens with zero attached hydrogens (tertiary/aromatic N) is 11. The molecule has 0 atom stereocenters. The van der Waals surface area contributed by atoms with Crippen LogP contribution in [0.3, 0.4) is 0 Å². The largest absolute Gasteiger partial charge is 0.327 e. The molecular formula is C119H85N11. The fraction of sp³-hybridized carbons (Fsp3) is 0.0504. The minimum Gasteiger partial charge on any atom is -0.327 e. The number of benzene rings is 20. The average Bonchev–Trinajstić information content (AvgIpc) is 0.997. The van der Waals surface area contributed by atoms with Crippen LogP contribution in [0.4, 0.5) is 0 Å². The van der Waals surface area contributed by atoms with Crippen molar-refractivity contribution < 1.29 is 0 Å². The van der Waals surface area contributed by atoms with Gasteiger partial charge in [0, 0.05) is 82.1 Å². The van der Waals surface area contributed by atoms with Gasteiger partial charge in [-0.15, -0.1) is 0 Å². The molecule has 0 N–H and O–H groups in total. The van der Waals surface area contributed by atoms with Crippen molar-refractivity contribution in [3.05, 3.63) is 419 Å². The lowest BCUT2D eigenvalue weighted by molar-refractivity contribution is 0.796. The number of hydrogen-bond donors (Lipinski definition) is 0. The van der Waals surface area contributed by atoms with Gasteiger partial charge in [-0.2, -0.15) is 0 Å². The summed E-state index contributed by atoms with van der Waals surface area (Å²) in [4.78, 5) is 35.0. The van der Waals surface area contributed by atoms with E-state index in [4.69, 9.17) is 34.9 Å². The van der Waals surface area contributed by atoms with Gasteiger partial charge in [0.25, 0.3) is 0 Å². The highest BCUT2D eigenvalue weighted by Crippen LogP contribution is 2.43. The molecule has 26 aromatic rings. The van der Waals surface area contributed by atoms with E-state index in [9.17, 15) is 0 Å². The second kappa shape index (κ2) is 32.9. The van der Waals surface area contributed by atoms with Gasteiger partial charge < -0.3 is 18.3 Å². The molecule has 0 aliphatic heterocycles. The minimum atomic E-state index is 0.849. The topological polar surface area (TPSA) is 110 Å². The molecule has 11 nitrogen and oxygen atoms in total. The third-order valence-electron chi connectivity index (χ3n) is 25.8. The van der Waals surface area contributed by atoms with E-state index in [2.05, 4.69) is 416 Å². The molecule has 0 saturated carbocycles. The summed E-state index contributed by atoms with van der Waals surface area (Å²) in [6.07, 6.45) is 1.88. The summed E-state index contributed by atoms with van der Waals surface area (Å²) in [5, 5.41) is 21.0. The second-order valence-corrected chi connectivity index (χ2v) is 33.3. The molecule has 0 spiro atoms. The minimum absolute atomic E-state index is 0.849. The van der Waals surface area contributed by atoms with Gasteiger partial charge in [-0.05, 0) is 173 Å². The zero-order valence-electron chi connectivity index (χ0n) is 72.2. The number of hydrogen-bond acceptors (Lipinski definition) is 7. The first-order valence-corrected chi connectivity index (χ1v) is 44.5. The molecule has 6 aromatic heterocycles. The highest BCUT2D eigenvalue weighted by Gasteiger charge is 2.22. The number of rotatable bonds is 10. The summed E-state index contributed by atoms with van der Waals surface area (Å²) in [5.74, 6) is 3.98. The molecule has 0 radical (unpaired) electrons. The SMILES string of the molecule is CCn1c(-c2ccccc2)nc2cc(-c3cc4c5ccccc5ccc4c4ccccc34)ccc21.CCn1c(-c2ccccc2)nc2cc(-c3cc4ccccc4c4ccccc34)ccc21.Cn1c(-c2ccccc2)nc2cc(-c3ccc4ccc5ccccc5c4n3)ccc21.Cn1c(-c2ccccc2)nc2cc(-c3cnc4c5ccccc5c5ccccc5c4n3)ccc21. The Bertz CT molecular complexity index is 8880. The van der Waals surface area contributed by atoms with Crippen LogP contribution in [0.15, 0.2) is 419 Å². The van der Waals surface area contributed by atoms with Crippen LogP contribution in [0.25, 0.3) is 243 Å². The standard InChI is InChI=1S/C33H24N2.C30H20N4.C29H22N2.C27H19N3/c1-2-35-32-19-17-24(20-31(32)34-33(35)23-11-4-3-5-12-23)29-21-30-25-13-7-6-10-22(25)16-18-28(30)26-14-8-9-15-27(26)29;1-34-27-16-15-20(17-25(27)33-30(34)19-9-3-2-4-10-19)26-18-31-28-23-13-7-5-11-21(23)22-12-6-8-14-24(22)29(28)32-26;1-2-31-28-17-16-22(19-27(28)30-29(31)20-10-4-3-5-11-20)26-18-21-12-6-7-13-23(21)24-14-8-9-15-25(24)26;1-30-25-16-14-21(17-24(25)29-27(30)20-8-3-2-4-9-20)23-15-13-19-12-11-18-7-5-6-10-22(18)26(19)28-23/h3-21H,2H2,1H3;2-18H,1H3;3-19H,2H2,1H3;2-17H,1H3. The summed E-state index contributed by atoms with van der Waals surface area (Å²) in [6, 6.07) is 145. The smallest absolute Gasteiger partial charge is 0.141 e. The van der Waals surface area contributed by atoms with Crippen molar-refractivity contribution in [2.45, 2.75) is 26.9 Å². The maximum Gasteiger partial charge on any atom is 0.141 e. The fourth-order valence-corrected chi connectivity index (χ4v) is 19.4. The predicted molar refractivity (Wildman–Crippen MR) is 544 cm³/mol. The third kappa shape index (κ3) is 13.8. The van der Waals surface area contributed by atoms with Crippen molar-refractivity contribution in [1.82, 2.24) is 53.2 Å². The first-order chi connectivity index (χ1) is 64.2. The molecular weight excluding hydrogens is 1580 g/mol. The summed E-state index contributed by atoms with van der Waals surface area (Å²) in [5.41, 5.74) is 24.8. The van der Waals surface area contributed by atoms with E-state index in [1.807, 2.05) is 48.7 Å². The average molecular weight is 1670 g/mol. The summed E-state index contributed by atoms with van der Waals surface area (Å²) >= 11 is 0. The Morgan fingerprint density at radius 2 is 0.531 bits per heavy atom. The Morgan fingerprint density at radius 1 is 0.200 bits per heavy atom. The van der Waals surface area contributed by atoms with Gasteiger partial charge in [-0.1, -0.05) is 346 Å². The molecule has 26 rings (SSSR count). The zero-order valence-corrected chi connectivity index (χ0v) is 72.2. The van der Waals surface area contributed by atoms with Crippen LogP contribution >= 0.6 is 0 Å². The fourth-order valence-electron chi connectivity index (χ4n) is 19.4. The first-order valence-electron chi connectivity index (χ1n) is 44.5. The number of aromatic nitrogens is 11. The Balaban J connectivity index is 0.0000000989. The normalized spacial score (nSPS) is 11.6. The van der Waals surface area contributed by atoms with Gasteiger partial charge >= 0.3 is 0 Å². The Kier molecular flexibility index (Phi) is 19.7. The van der Waals surface area contributed by atoms with Gasteiger partial charge in [0.2, 0.25) is 0 Å². The van der Waals surface area contributed by atoms with Gasteiger partial charge in [-0.25, -0.2) is 29.9 Å². The quantitative estimate of drug-likeness (QED) is 0.125. The molecule has 6 heterocycles. The van der Waals surface area contributed by atoms with Crippen LogP contribution in [0.5, 0.6) is 0 Å². The highest BCUT2D eigenvalue weighted by molar-refractivity contribution is 6.24. The van der Waals surface area contributed by atoms with E-state index in [1.165, 1.54) is 109 Å². The van der Waals surface area contributed by atoms with Crippen molar-refractivity contribution >= 4 is 152 Å². The van der Waals surface area contributed by atoms with Crippen molar-refractivity contribution in [2.75, 3.05) is 0 Å². The van der Waals surface area contributed by atoms with Crippen LogP contribution in [-0.2, 0) is 27.2 Å². The number of fused-ring (bicyclic) bond motifs is 21. The molecule has 0 aliphatic rings. The molecule has 0 unspecified atom stereocenters. The zero-order chi connectivity index (χ0) is 86.9. The van der Waals surface area contributed by atoms with E-state index in [0.717, 1.165) is 147 Å². The maximum absolute atomic E-state index is 5.12. The number of aryl methyl sites for hydroxylation is 4. The Labute approximate surface area is 750 Å². The molecule has 11 heteroatoms. The first kappa shape index (κ1) is 77.9. The van der Waals surface area contributed by atoms with Crippen LogP contribution in [-0.4, -0.2) is 53.2 Å². The van der Waals surface area contributed by atoms with Gasteiger partial charge in [-0.3, -0.25) is 4.98 Å². The van der Waals surface area contributed by atoms with Crippen molar-refractivity contribution in [2.24, 2.45) is 14.1 Å². The number of pyridine rings is 1. The molecule has 20 aromatic carbocycles. The molecule has 130 heavy (non-hydrogen) atoms. The van der Waals surface area contributed by atoms with Gasteiger partial charge in [0.05, 0.1) is 78.3 Å².